The summed E-state index contributed by atoms with van der Waals surface area (Å²) in [4.78, 5) is 28.7. The maximum atomic E-state index is 10.0. The van der Waals surface area contributed by atoms with Gasteiger partial charge in [-0.3, -0.25) is 0 Å². The summed E-state index contributed by atoms with van der Waals surface area (Å²) in [7, 11) is 0. The van der Waals surface area contributed by atoms with Crippen molar-refractivity contribution in [3.63, 3.8) is 0 Å². The van der Waals surface area contributed by atoms with Crippen molar-refractivity contribution in [3.05, 3.63) is 20.2 Å². The van der Waals surface area contributed by atoms with Gasteiger partial charge in [0.1, 0.15) is 12.2 Å². The summed E-state index contributed by atoms with van der Waals surface area (Å²) in [5, 5.41) is 18.3. The minimum Gasteiger partial charge on any atom is -0.311 e. The zero-order valence-electron chi connectivity index (χ0n) is 7.33. The van der Waals surface area contributed by atoms with E-state index in [9.17, 15) is 20.2 Å². The lowest BCUT2D eigenvalue weighted by Crippen LogP contribution is -2.31. The molecular formula is C6H10N2O6. The molecule has 1 aliphatic rings. The third kappa shape index (κ3) is 3.42. The van der Waals surface area contributed by atoms with Crippen LogP contribution in [0.1, 0.15) is 25.7 Å². The Bertz CT molecular complexity index is 210. The van der Waals surface area contributed by atoms with Gasteiger partial charge in [0.05, 0.1) is 0 Å². The summed E-state index contributed by atoms with van der Waals surface area (Å²) < 4.78 is 0. The molecule has 0 unspecified atom stereocenters. The Labute approximate surface area is 79.0 Å². The summed E-state index contributed by atoms with van der Waals surface area (Å²) in [6, 6.07) is 0. The van der Waals surface area contributed by atoms with E-state index in [0.29, 0.717) is 19.3 Å². The average Bonchev–Trinajstić information content (AvgIpc) is 2.01. The van der Waals surface area contributed by atoms with Gasteiger partial charge >= 0.3 is 0 Å². The molecule has 0 aliphatic heterocycles. The highest BCUT2D eigenvalue weighted by molar-refractivity contribution is 4.71. The molecule has 0 N–H and O–H groups in total. The lowest BCUT2D eigenvalue weighted by Gasteiger charge is -2.25. The Kier molecular flexibility index (Phi) is 3.43. The average molecular weight is 206 g/mol. The topological polar surface area (TPSA) is 105 Å². The summed E-state index contributed by atoms with van der Waals surface area (Å²) in [5.74, 6) is 0. The molecule has 0 radical (unpaired) electrons. The zero-order chi connectivity index (χ0) is 10.6. The first kappa shape index (κ1) is 10.5. The highest BCUT2D eigenvalue weighted by Gasteiger charge is 2.26. The van der Waals surface area contributed by atoms with Crippen LogP contribution in [0.15, 0.2) is 0 Å². The molecule has 2 atom stereocenters. The van der Waals surface area contributed by atoms with Gasteiger partial charge < -0.3 is 9.68 Å². The molecule has 80 valence electrons. The first-order chi connectivity index (χ1) is 6.58. The summed E-state index contributed by atoms with van der Waals surface area (Å²) >= 11 is 0. The minimum absolute atomic E-state index is 0.196. The predicted molar refractivity (Wildman–Crippen MR) is 42.2 cm³/mol. The van der Waals surface area contributed by atoms with E-state index in [1.807, 2.05) is 0 Å². The van der Waals surface area contributed by atoms with Gasteiger partial charge in [-0.15, -0.1) is 20.2 Å². The van der Waals surface area contributed by atoms with E-state index >= 15 is 0 Å². The molecule has 1 fully saturated rings. The van der Waals surface area contributed by atoms with Gasteiger partial charge in [-0.2, -0.15) is 0 Å². The van der Waals surface area contributed by atoms with E-state index in [-0.39, 0.29) is 6.42 Å². The van der Waals surface area contributed by atoms with Crippen LogP contribution < -0.4 is 0 Å². The van der Waals surface area contributed by atoms with Crippen molar-refractivity contribution in [1.82, 2.24) is 0 Å². The molecule has 0 spiro atoms. The second-order valence-electron chi connectivity index (χ2n) is 3.07. The molecule has 0 amide bonds. The van der Waals surface area contributed by atoms with Gasteiger partial charge in [0.2, 0.25) is 0 Å². The number of hydrogen-bond donors (Lipinski definition) is 0. The summed E-state index contributed by atoms with van der Waals surface area (Å²) in [5.41, 5.74) is 0. The van der Waals surface area contributed by atoms with E-state index in [1.54, 1.807) is 0 Å². The van der Waals surface area contributed by atoms with Crippen LogP contribution in [0.4, 0.5) is 0 Å². The first-order valence-corrected chi connectivity index (χ1v) is 4.20. The Morgan fingerprint density at radius 2 is 1.43 bits per heavy atom. The molecular weight excluding hydrogens is 196 g/mol. The van der Waals surface area contributed by atoms with Crippen molar-refractivity contribution < 1.29 is 19.8 Å². The fourth-order valence-corrected chi connectivity index (χ4v) is 1.54. The Balaban J connectivity index is 2.35. The van der Waals surface area contributed by atoms with Crippen molar-refractivity contribution >= 4 is 0 Å². The van der Waals surface area contributed by atoms with Crippen LogP contribution in [0.3, 0.4) is 0 Å². The quantitative estimate of drug-likeness (QED) is 0.495. The molecule has 1 aliphatic carbocycles. The van der Waals surface area contributed by atoms with Gasteiger partial charge in [-0.25, -0.2) is 0 Å². The van der Waals surface area contributed by atoms with Crippen molar-refractivity contribution in [2.45, 2.75) is 37.9 Å². The van der Waals surface area contributed by atoms with E-state index in [0.717, 1.165) is 0 Å². The van der Waals surface area contributed by atoms with Gasteiger partial charge in [-0.05, 0) is 19.3 Å². The van der Waals surface area contributed by atoms with Gasteiger partial charge in [0.25, 0.3) is 10.2 Å². The number of hydrogen-bond acceptors (Lipinski definition) is 6. The first-order valence-electron chi connectivity index (χ1n) is 4.20. The molecule has 0 bridgehead atoms. The molecule has 1 saturated carbocycles. The van der Waals surface area contributed by atoms with Crippen molar-refractivity contribution in [2.75, 3.05) is 0 Å². The second kappa shape index (κ2) is 4.58. The standard InChI is InChI=1S/C6H10N2O6/c9-7(10)13-5-2-1-3-6(4-5)14-8(11)12/h5-6H,1-4H2/t5-,6-/m0/s1. The maximum absolute atomic E-state index is 10.0. The van der Waals surface area contributed by atoms with Crippen LogP contribution in [0, 0.1) is 20.2 Å². The molecule has 0 aromatic heterocycles. The van der Waals surface area contributed by atoms with Crippen LogP contribution >= 0.6 is 0 Å². The van der Waals surface area contributed by atoms with Crippen LogP contribution in [0.25, 0.3) is 0 Å². The lowest BCUT2D eigenvalue weighted by atomic mass is 9.95. The minimum atomic E-state index is -0.876. The van der Waals surface area contributed by atoms with Crippen molar-refractivity contribution in [2.24, 2.45) is 0 Å². The Morgan fingerprint density at radius 1 is 1.00 bits per heavy atom. The predicted octanol–water partition coefficient (Wildman–Crippen LogP) is 0.714. The van der Waals surface area contributed by atoms with E-state index in [1.165, 1.54) is 0 Å². The smallest absolute Gasteiger partial charge is 0.294 e. The second-order valence-corrected chi connectivity index (χ2v) is 3.07. The normalized spacial score (nSPS) is 26.6. The Hall–Kier alpha value is -1.60. The van der Waals surface area contributed by atoms with E-state index in [2.05, 4.69) is 9.68 Å². The fraction of sp³-hybridized carbons (Fsp3) is 1.00. The molecule has 8 nitrogen and oxygen atoms in total. The van der Waals surface area contributed by atoms with Crippen LogP contribution in [-0.4, -0.2) is 22.4 Å². The fourth-order valence-electron chi connectivity index (χ4n) is 1.54. The molecule has 1 rings (SSSR count). The van der Waals surface area contributed by atoms with Crippen LogP contribution in [-0.2, 0) is 9.68 Å². The van der Waals surface area contributed by atoms with Crippen LogP contribution in [0.2, 0.25) is 0 Å². The highest BCUT2D eigenvalue weighted by atomic mass is 17.0. The van der Waals surface area contributed by atoms with E-state index < -0.39 is 22.4 Å². The molecule has 14 heavy (non-hydrogen) atoms. The van der Waals surface area contributed by atoms with Crippen molar-refractivity contribution in [3.8, 4) is 0 Å². The SMILES string of the molecule is O=[N+]([O-])O[C@H]1CCC[C@H](O[N+](=O)[O-])C1. The van der Waals surface area contributed by atoms with E-state index in [4.69, 9.17) is 0 Å². The number of rotatable bonds is 4. The van der Waals surface area contributed by atoms with Gasteiger partial charge in [-0.1, -0.05) is 0 Å². The van der Waals surface area contributed by atoms with Crippen LogP contribution in [0.5, 0.6) is 0 Å². The van der Waals surface area contributed by atoms with Gasteiger partial charge in [0.15, 0.2) is 0 Å². The molecule has 0 aromatic carbocycles. The maximum Gasteiger partial charge on any atom is 0.294 e. The zero-order valence-corrected chi connectivity index (χ0v) is 7.33. The molecule has 0 heterocycles. The van der Waals surface area contributed by atoms with Gasteiger partial charge in [0, 0.05) is 6.42 Å². The highest BCUT2D eigenvalue weighted by Crippen LogP contribution is 2.23. The summed E-state index contributed by atoms with van der Waals surface area (Å²) in [6.07, 6.45) is 0.753. The molecule has 0 saturated heterocycles. The molecule has 0 aromatic rings. The Morgan fingerprint density at radius 3 is 1.79 bits per heavy atom. The monoisotopic (exact) mass is 206 g/mol. The molecule has 8 heteroatoms. The third-order valence-corrected chi connectivity index (χ3v) is 2.05. The summed E-state index contributed by atoms with van der Waals surface area (Å²) in [6.45, 7) is 0. The largest absolute Gasteiger partial charge is 0.311 e. The van der Waals surface area contributed by atoms with Crippen molar-refractivity contribution in [1.29, 1.82) is 0 Å². The number of nitrogens with zero attached hydrogens (tertiary/aromatic N) is 2. The third-order valence-electron chi connectivity index (χ3n) is 2.05. The lowest BCUT2D eigenvalue weighted by molar-refractivity contribution is -0.780.